The molecular weight excluding hydrogens is 431 g/mol. The SMILES string of the molecule is Cc1nn(PI)c2cc(Br)cc(C(F)(F)F)c12. The molecule has 0 spiro atoms. The molecule has 0 amide bonds. The average Bonchev–Trinajstić information content (AvgIpc) is 2.53. The fourth-order valence-electron chi connectivity index (χ4n) is 1.68. The normalized spacial score (nSPS) is 13.1. The van der Waals surface area contributed by atoms with Crippen LogP contribution >= 0.6 is 44.3 Å². The van der Waals surface area contributed by atoms with Crippen molar-refractivity contribution >= 4 is 55.2 Å². The molecule has 0 saturated carbocycles. The van der Waals surface area contributed by atoms with Crippen molar-refractivity contribution in [1.82, 2.24) is 9.55 Å². The first-order chi connectivity index (χ1) is 7.84. The van der Waals surface area contributed by atoms with Gasteiger partial charge in [-0.3, -0.25) is 0 Å². The third-order valence-electron chi connectivity index (χ3n) is 2.31. The van der Waals surface area contributed by atoms with Crippen LogP contribution < -0.4 is 0 Å². The quantitative estimate of drug-likeness (QED) is 0.458. The maximum absolute atomic E-state index is 12.9. The number of hydrogen-bond acceptors (Lipinski definition) is 1. The van der Waals surface area contributed by atoms with E-state index in [-0.39, 0.29) is 11.8 Å². The van der Waals surface area contributed by atoms with Gasteiger partial charge in [-0.2, -0.15) is 18.3 Å². The van der Waals surface area contributed by atoms with E-state index in [2.05, 4.69) is 43.1 Å². The molecule has 1 aromatic heterocycles. The molecule has 2 aromatic rings. The number of aryl methyl sites for hydroxylation is 1. The van der Waals surface area contributed by atoms with E-state index in [0.717, 1.165) is 6.07 Å². The molecule has 0 saturated heterocycles. The van der Waals surface area contributed by atoms with Crippen molar-refractivity contribution in [3.63, 3.8) is 0 Å². The minimum absolute atomic E-state index is 0.185. The fraction of sp³-hybridized carbons (Fsp3) is 0.222. The zero-order valence-corrected chi connectivity index (χ0v) is 13.2. The lowest BCUT2D eigenvalue weighted by atomic mass is 10.1. The van der Waals surface area contributed by atoms with E-state index in [1.54, 1.807) is 17.4 Å². The summed E-state index contributed by atoms with van der Waals surface area (Å²) in [6, 6.07) is 2.76. The van der Waals surface area contributed by atoms with Gasteiger partial charge in [0.15, 0.2) is 0 Å². The van der Waals surface area contributed by atoms with Crippen LogP contribution in [0.4, 0.5) is 13.2 Å². The summed E-state index contributed by atoms with van der Waals surface area (Å²) in [5.74, 6) is 0. The zero-order valence-electron chi connectivity index (χ0n) is 8.44. The van der Waals surface area contributed by atoms with Crippen molar-refractivity contribution < 1.29 is 13.2 Å². The lowest BCUT2D eigenvalue weighted by Crippen LogP contribution is -2.06. The van der Waals surface area contributed by atoms with Gasteiger partial charge >= 0.3 is 6.18 Å². The van der Waals surface area contributed by atoms with Crippen molar-refractivity contribution in [1.29, 1.82) is 0 Å². The van der Waals surface area contributed by atoms with Crippen molar-refractivity contribution in [3.05, 3.63) is 27.9 Å². The van der Waals surface area contributed by atoms with Gasteiger partial charge < -0.3 is 0 Å². The van der Waals surface area contributed by atoms with Crippen LogP contribution in [-0.2, 0) is 6.18 Å². The number of rotatable bonds is 1. The first-order valence-electron chi connectivity index (χ1n) is 4.47. The highest BCUT2D eigenvalue weighted by Gasteiger charge is 2.34. The van der Waals surface area contributed by atoms with Crippen LogP contribution in [-0.4, -0.2) is 9.55 Å². The van der Waals surface area contributed by atoms with Crippen LogP contribution in [0.1, 0.15) is 11.3 Å². The van der Waals surface area contributed by atoms with E-state index in [1.165, 1.54) is 0 Å². The summed E-state index contributed by atoms with van der Waals surface area (Å²) in [4.78, 5) is 0. The fourth-order valence-corrected chi connectivity index (χ4v) is 3.69. The number of halogens is 5. The molecule has 0 aliphatic carbocycles. The van der Waals surface area contributed by atoms with Crippen molar-refractivity contribution in [2.24, 2.45) is 0 Å². The molecule has 0 aliphatic heterocycles. The second-order valence-corrected chi connectivity index (χ2v) is 6.38. The highest BCUT2D eigenvalue weighted by molar-refractivity contribution is 14.2. The molecule has 17 heavy (non-hydrogen) atoms. The number of benzene rings is 1. The van der Waals surface area contributed by atoms with Gasteiger partial charge in [0.05, 0.1) is 23.1 Å². The smallest absolute Gasteiger partial charge is 0.237 e. The summed E-state index contributed by atoms with van der Waals surface area (Å²) >= 11 is 5.20. The summed E-state index contributed by atoms with van der Waals surface area (Å²) in [5, 5.41) is 4.31. The Morgan fingerprint density at radius 1 is 1.41 bits per heavy atom. The zero-order chi connectivity index (χ0) is 12.8. The molecule has 0 bridgehead atoms. The summed E-state index contributed by atoms with van der Waals surface area (Å²) in [6.07, 6.45) is -4.10. The third-order valence-corrected chi connectivity index (χ3v) is 4.64. The topological polar surface area (TPSA) is 17.8 Å². The first-order valence-corrected chi connectivity index (χ1v) is 9.32. The second-order valence-electron chi connectivity index (χ2n) is 3.43. The molecule has 2 rings (SSSR count). The number of nitrogens with zero attached hydrogens (tertiary/aromatic N) is 2. The standard InChI is InChI=1S/C9H6BrF3IN2P/c1-4-8-6(9(11,12)13)2-5(10)3-7(8)16(15-4)17-14/h2-3,17H,1H3. The highest BCUT2D eigenvalue weighted by Crippen LogP contribution is 2.40. The van der Waals surface area contributed by atoms with E-state index >= 15 is 0 Å². The van der Waals surface area contributed by atoms with Crippen LogP contribution in [0, 0.1) is 6.92 Å². The van der Waals surface area contributed by atoms with Crippen molar-refractivity contribution in [2.45, 2.75) is 13.1 Å². The van der Waals surface area contributed by atoms with Crippen LogP contribution in [0.3, 0.4) is 0 Å². The minimum atomic E-state index is -4.37. The van der Waals surface area contributed by atoms with E-state index in [9.17, 15) is 13.2 Å². The van der Waals surface area contributed by atoms with Crippen molar-refractivity contribution in [3.8, 4) is 0 Å². The summed E-state index contributed by atoms with van der Waals surface area (Å²) in [5.41, 5.74) is 0.279. The highest BCUT2D eigenvalue weighted by atomic mass is 127. The molecule has 0 fully saturated rings. The Morgan fingerprint density at radius 2 is 2.06 bits per heavy atom. The molecule has 1 unspecified atom stereocenters. The van der Waals surface area contributed by atoms with Crippen molar-refractivity contribution in [2.75, 3.05) is 0 Å². The number of alkyl halides is 3. The predicted molar refractivity (Wildman–Crippen MR) is 74.9 cm³/mol. The van der Waals surface area contributed by atoms with Crippen LogP contribution in [0.15, 0.2) is 16.6 Å². The van der Waals surface area contributed by atoms with Gasteiger partial charge in [0.25, 0.3) is 0 Å². The minimum Gasteiger partial charge on any atom is -0.237 e. The molecule has 92 valence electrons. The Labute approximate surface area is 118 Å². The average molecular weight is 437 g/mol. The molecule has 8 heteroatoms. The molecule has 2 nitrogen and oxygen atoms in total. The van der Waals surface area contributed by atoms with Crippen LogP contribution in [0.25, 0.3) is 10.9 Å². The van der Waals surface area contributed by atoms with Gasteiger partial charge in [-0.25, -0.2) is 4.45 Å². The van der Waals surface area contributed by atoms with E-state index in [4.69, 9.17) is 0 Å². The largest absolute Gasteiger partial charge is 0.417 e. The Bertz CT molecular complexity index is 582. The summed E-state index contributed by atoms with van der Waals surface area (Å²) in [6.45, 7) is 1.60. The third kappa shape index (κ3) is 2.46. The van der Waals surface area contributed by atoms with Gasteiger partial charge in [-0.1, -0.05) is 15.9 Å². The van der Waals surface area contributed by atoms with E-state index in [0.29, 0.717) is 15.7 Å². The predicted octanol–water partition coefficient (Wildman–Crippen LogP) is 4.92. The van der Waals surface area contributed by atoms with Crippen LogP contribution in [0.5, 0.6) is 0 Å². The number of fused-ring (bicyclic) bond motifs is 1. The van der Waals surface area contributed by atoms with Gasteiger partial charge in [0.1, 0.15) is 0 Å². The molecule has 0 aliphatic rings. The second kappa shape index (κ2) is 4.66. The van der Waals surface area contributed by atoms with Gasteiger partial charge in [0.2, 0.25) is 0 Å². The lowest BCUT2D eigenvalue weighted by Gasteiger charge is -2.09. The molecule has 1 heterocycles. The van der Waals surface area contributed by atoms with E-state index in [1.807, 2.05) is 0 Å². The van der Waals surface area contributed by atoms with Gasteiger partial charge in [0, 0.05) is 9.86 Å². The van der Waals surface area contributed by atoms with Gasteiger partial charge in [-0.15, -0.1) is 0 Å². The molecule has 0 radical (unpaired) electrons. The molecule has 0 N–H and O–H groups in total. The number of hydrogen-bond donors (Lipinski definition) is 0. The van der Waals surface area contributed by atoms with Crippen LogP contribution in [0.2, 0.25) is 0 Å². The Morgan fingerprint density at radius 3 is 2.59 bits per heavy atom. The lowest BCUT2D eigenvalue weighted by molar-refractivity contribution is -0.136. The maximum Gasteiger partial charge on any atom is 0.417 e. The Balaban J connectivity index is 2.89. The maximum atomic E-state index is 12.9. The Hall–Kier alpha value is 0.120. The monoisotopic (exact) mass is 436 g/mol. The summed E-state index contributed by atoms with van der Waals surface area (Å²) < 4.78 is 40.8. The van der Waals surface area contributed by atoms with Gasteiger partial charge in [-0.05, 0) is 41.1 Å². The molecule has 1 aromatic carbocycles. The number of aromatic nitrogens is 2. The van der Waals surface area contributed by atoms with E-state index < -0.39 is 11.7 Å². The first kappa shape index (κ1) is 13.5. The molecular formula is C9H6BrF3IN2P. The Kier molecular flexibility index (Phi) is 3.71. The summed E-state index contributed by atoms with van der Waals surface area (Å²) in [7, 11) is 0. The molecule has 1 atom stereocenters.